The summed E-state index contributed by atoms with van der Waals surface area (Å²) in [5, 5.41) is 3.45. The maximum atomic E-state index is 9.60. The number of nitrogens with zero attached hydrogens (tertiary/aromatic N) is 1. The van der Waals surface area contributed by atoms with E-state index in [1.807, 2.05) is 20.8 Å². The highest BCUT2D eigenvalue weighted by molar-refractivity contribution is 5.37. The zero-order valence-electron chi connectivity index (χ0n) is 14.4. The minimum absolute atomic E-state index is 0.318. The summed E-state index contributed by atoms with van der Waals surface area (Å²) in [6, 6.07) is 1.76. The second-order valence-corrected chi connectivity index (χ2v) is 7.26. The summed E-state index contributed by atoms with van der Waals surface area (Å²) in [6.07, 6.45) is 9.98. The van der Waals surface area contributed by atoms with Crippen molar-refractivity contribution in [1.29, 1.82) is 0 Å². The van der Waals surface area contributed by atoms with Crippen LogP contribution < -0.4 is 5.32 Å². The third-order valence-electron chi connectivity index (χ3n) is 4.44. The molecule has 0 spiro atoms. The van der Waals surface area contributed by atoms with Crippen molar-refractivity contribution in [2.45, 2.75) is 83.4 Å². The molecule has 21 heavy (non-hydrogen) atoms. The van der Waals surface area contributed by atoms with Gasteiger partial charge in [-0.2, -0.15) is 0 Å². The topological polar surface area (TPSA) is 41.6 Å². The molecule has 2 aliphatic rings. The molecule has 124 valence electrons. The van der Waals surface area contributed by atoms with Crippen molar-refractivity contribution in [1.82, 2.24) is 10.2 Å². The average Bonchev–Trinajstić information content (AvgIpc) is 2.48. The largest absolute Gasteiger partial charge is 0.462 e. The van der Waals surface area contributed by atoms with Crippen LogP contribution in [-0.2, 0) is 9.53 Å². The Morgan fingerprint density at radius 2 is 1.52 bits per heavy atom. The van der Waals surface area contributed by atoms with E-state index in [0.717, 1.165) is 12.1 Å². The zero-order chi connectivity index (χ0) is 15.7. The smallest absolute Gasteiger partial charge is 0.293 e. The van der Waals surface area contributed by atoms with E-state index in [1.165, 1.54) is 58.0 Å². The van der Waals surface area contributed by atoms with Crippen LogP contribution in [0.4, 0.5) is 0 Å². The van der Waals surface area contributed by atoms with Gasteiger partial charge in [0.2, 0.25) is 0 Å². The summed E-state index contributed by atoms with van der Waals surface area (Å²) in [5.74, 6) is 0. The van der Waals surface area contributed by atoms with Crippen LogP contribution in [0.5, 0.6) is 0 Å². The molecule has 1 aliphatic heterocycles. The number of hydrogen-bond acceptors (Lipinski definition) is 4. The summed E-state index contributed by atoms with van der Waals surface area (Å²) in [5.41, 5.74) is -0.318. The van der Waals surface area contributed by atoms with Gasteiger partial charge < -0.3 is 15.0 Å². The van der Waals surface area contributed by atoms with Gasteiger partial charge in [0.1, 0.15) is 5.60 Å². The number of nitrogens with one attached hydrogen (secondary N) is 1. The second-order valence-electron chi connectivity index (χ2n) is 7.26. The Labute approximate surface area is 130 Å². The molecule has 2 rings (SSSR count). The fourth-order valence-corrected chi connectivity index (χ4v) is 3.14. The lowest BCUT2D eigenvalue weighted by Gasteiger charge is -2.39. The molecule has 0 unspecified atom stereocenters. The first-order valence-electron chi connectivity index (χ1n) is 8.48. The monoisotopic (exact) mass is 298 g/mol. The van der Waals surface area contributed by atoms with Crippen molar-refractivity contribution >= 4 is 6.47 Å². The third kappa shape index (κ3) is 7.82. The van der Waals surface area contributed by atoms with Gasteiger partial charge in [0.05, 0.1) is 0 Å². The molecule has 0 bridgehead atoms. The molecule has 1 aliphatic carbocycles. The van der Waals surface area contributed by atoms with E-state index in [-0.39, 0.29) is 5.60 Å². The van der Waals surface area contributed by atoms with E-state index in [0.29, 0.717) is 6.47 Å². The van der Waals surface area contributed by atoms with Gasteiger partial charge in [0, 0.05) is 12.1 Å². The van der Waals surface area contributed by atoms with Crippen LogP contribution in [0.25, 0.3) is 0 Å². The van der Waals surface area contributed by atoms with Crippen molar-refractivity contribution in [2.75, 3.05) is 20.1 Å². The van der Waals surface area contributed by atoms with E-state index < -0.39 is 0 Å². The molecule has 1 heterocycles. The highest BCUT2D eigenvalue weighted by Crippen LogP contribution is 2.25. The molecule has 0 aromatic heterocycles. The minimum atomic E-state index is -0.318. The zero-order valence-corrected chi connectivity index (χ0v) is 14.4. The van der Waals surface area contributed by atoms with Crippen molar-refractivity contribution in [3.8, 4) is 0 Å². The van der Waals surface area contributed by atoms with Crippen molar-refractivity contribution in [2.24, 2.45) is 0 Å². The highest BCUT2D eigenvalue weighted by Gasteiger charge is 2.25. The molecule has 1 saturated carbocycles. The second kappa shape index (κ2) is 9.42. The predicted molar refractivity (Wildman–Crippen MR) is 87.4 cm³/mol. The van der Waals surface area contributed by atoms with Crippen LogP contribution in [0.15, 0.2) is 0 Å². The van der Waals surface area contributed by atoms with E-state index >= 15 is 0 Å². The molecule has 0 aromatic carbocycles. The van der Waals surface area contributed by atoms with Gasteiger partial charge in [-0.25, -0.2) is 0 Å². The molecular formula is C17H34N2O2. The molecule has 4 nitrogen and oxygen atoms in total. The van der Waals surface area contributed by atoms with Gasteiger partial charge in [0.15, 0.2) is 0 Å². The first-order valence-corrected chi connectivity index (χ1v) is 8.48. The van der Waals surface area contributed by atoms with Crippen LogP contribution in [0.3, 0.4) is 0 Å². The van der Waals surface area contributed by atoms with E-state index in [2.05, 4.69) is 22.0 Å². The first-order chi connectivity index (χ1) is 9.94. The summed E-state index contributed by atoms with van der Waals surface area (Å²) in [6.45, 7) is 8.37. The van der Waals surface area contributed by atoms with Crippen LogP contribution >= 0.6 is 0 Å². The minimum Gasteiger partial charge on any atom is -0.462 e. The van der Waals surface area contributed by atoms with Gasteiger partial charge >= 0.3 is 0 Å². The van der Waals surface area contributed by atoms with Crippen LogP contribution in [0, 0.1) is 0 Å². The Kier molecular flexibility index (Phi) is 8.27. The third-order valence-corrected chi connectivity index (χ3v) is 4.44. The van der Waals surface area contributed by atoms with Crippen molar-refractivity contribution < 1.29 is 9.53 Å². The average molecular weight is 298 g/mol. The Balaban J connectivity index is 0.000000270. The van der Waals surface area contributed by atoms with Gasteiger partial charge in [0.25, 0.3) is 6.47 Å². The molecular weight excluding hydrogens is 264 g/mol. The molecule has 2 fully saturated rings. The summed E-state index contributed by atoms with van der Waals surface area (Å²) >= 11 is 0. The van der Waals surface area contributed by atoms with Gasteiger partial charge in [-0.15, -0.1) is 0 Å². The Hall–Kier alpha value is -0.610. The predicted octanol–water partition coefficient (Wildman–Crippen LogP) is 2.96. The molecule has 4 heteroatoms. The maximum Gasteiger partial charge on any atom is 0.293 e. The molecule has 0 radical (unpaired) electrons. The fraction of sp³-hybridized carbons (Fsp3) is 0.941. The van der Waals surface area contributed by atoms with E-state index in [9.17, 15) is 4.79 Å². The van der Waals surface area contributed by atoms with E-state index in [4.69, 9.17) is 0 Å². The standard InChI is InChI=1S/C12H24N2.C5H10O2/c1-14(11-5-3-2-4-6-11)12-7-9-13-10-8-12;1-5(2,3)7-4-6/h11-13H,2-10H2,1H3;4H,1-3H3. The SMILES string of the molecule is CC(C)(C)OC=O.CN(C1CCCCC1)C1CCNCC1. The molecule has 0 atom stereocenters. The number of ether oxygens (including phenoxy) is 1. The number of rotatable bonds is 3. The van der Waals surface area contributed by atoms with Crippen molar-refractivity contribution in [3.63, 3.8) is 0 Å². The van der Waals surface area contributed by atoms with Gasteiger partial charge in [-0.3, -0.25) is 4.79 Å². The number of piperidine rings is 1. The first kappa shape index (κ1) is 18.4. The number of carbonyl (C=O) groups excluding carboxylic acids is 1. The summed E-state index contributed by atoms with van der Waals surface area (Å²) in [4.78, 5) is 12.3. The van der Waals surface area contributed by atoms with E-state index in [1.54, 1.807) is 0 Å². The van der Waals surface area contributed by atoms with Crippen LogP contribution in [0.2, 0.25) is 0 Å². The maximum absolute atomic E-state index is 9.60. The highest BCUT2D eigenvalue weighted by atomic mass is 16.5. The van der Waals surface area contributed by atoms with Gasteiger partial charge in [-0.05, 0) is 66.6 Å². The normalized spacial score (nSPS) is 21.6. The van der Waals surface area contributed by atoms with Crippen LogP contribution in [0.1, 0.15) is 65.7 Å². The lowest BCUT2D eigenvalue weighted by Crippen LogP contribution is -2.46. The molecule has 1 N–H and O–H groups in total. The Bertz CT molecular complexity index is 259. The summed E-state index contributed by atoms with van der Waals surface area (Å²) in [7, 11) is 2.35. The Morgan fingerprint density at radius 3 is 1.95 bits per heavy atom. The molecule has 1 saturated heterocycles. The Morgan fingerprint density at radius 1 is 1.00 bits per heavy atom. The number of hydrogen-bond donors (Lipinski definition) is 1. The van der Waals surface area contributed by atoms with Crippen LogP contribution in [-0.4, -0.2) is 49.2 Å². The fourth-order valence-electron chi connectivity index (χ4n) is 3.14. The summed E-state index contributed by atoms with van der Waals surface area (Å²) < 4.78 is 4.55. The van der Waals surface area contributed by atoms with Crippen molar-refractivity contribution in [3.05, 3.63) is 0 Å². The lowest BCUT2D eigenvalue weighted by molar-refractivity contribution is -0.138. The quantitative estimate of drug-likeness (QED) is 0.813. The molecule has 0 aromatic rings. The lowest BCUT2D eigenvalue weighted by atomic mass is 9.92. The number of carbonyl (C=O) groups is 1. The molecule has 0 amide bonds. The van der Waals surface area contributed by atoms with Gasteiger partial charge in [-0.1, -0.05) is 19.3 Å².